The molecular formula is C20H27N3O4S. The van der Waals surface area contributed by atoms with E-state index < -0.39 is 5.25 Å². The molecule has 1 saturated carbocycles. The van der Waals surface area contributed by atoms with Gasteiger partial charge in [-0.2, -0.15) is 0 Å². The molecular weight excluding hydrogens is 378 g/mol. The maximum atomic E-state index is 12.2. The first kappa shape index (κ1) is 20.5. The van der Waals surface area contributed by atoms with Gasteiger partial charge in [-0.05, 0) is 37.0 Å². The highest BCUT2D eigenvalue weighted by Crippen LogP contribution is 2.28. The molecule has 2 aliphatic rings. The molecule has 0 bridgehead atoms. The van der Waals surface area contributed by atoms with Crippen LogP contribution in [0.4, 0.5) is 0 Å². The van der Waals surface area contributed by atoms with Gasteiger partial charge in [0.1, 0.15) is 5.25 Å². The minimum absolute atomic E-state index is 0.128. The molecule has 1 aliphatic carbocycles. The van der Waals surface area contributed by atoms with E-state index in [0.717, 1.165) is 18.4 Å². The average molecular weight is 406 g/mol. The van der Waals surface area contributed by atoms with E-state index in [1.165, 1.54) is 24.6 Å². The first-order valence-electron chi connectivity index (χ1n) is 9.62. The van der Waals surface area contributed by atoms with Crippen molar-refractivity contribution in [3.05, 3.63) is 23.8 Å². The number of hydrogen-bond acceptors (Lipinski definition) is 6. The molecule has 152 valence electrons. The molecule has 1 saturated heterocycles. The molecule has 1 aliphatic heterocycles. The van der Waals surface area contributed by atoms with Crippen LogP contribution in [0.3, 0.4) is 0 Å². The number of aliphatic imine (C=N–C) groups is 1. The van der Waals surface area contributed by atoms with Gasteiger partial charge in [0, 0.05) is 13.0 Å². The number of hydrogen-bond donors (Lipinski definition) is 2. The Bertz CT molecular complexity index is 747. The van der Waals surface area contributed by atoms with Crippen molar-refractivity contribution in [1.82, 2.24) is 10.6 Å². The quantitative estimate of drug-likeness (QED) is 0.693. The fraction of sp³-hybridized carbons (Fsp3) is 0.550. The molecule has 0 spiro atoms. The molecule has 2 fully saturated rings. The summed E-state index contributed by atoms with van der Waals surface area (Å²) in [5.74, 6) is 1.08. The highest BCUT2D eigenvalue weighted by molar-refractivity contribution is 8.15. The monoisotopic (exact) mass is 405 g/mol. The molecule has 3 rings (SSSR count). The molecule has 2 N–H and O–H groups in total. The molecule has 7 nitrogen and oxygen atoms in total. The van der Waals surface area contributed by atoms with Crippen LogP contribution in [0.25, 0.3) is 0 Å². The predicted molar refractivity (Wildman–Crippen MR) is 110 cm³/mol. The third-order valence-electron chi connectivity index (χ3n) is 4.96. The zero-order chi connectivity index (χ0) is 19.9. The molecule has 28 heavy (non-hydrogen) atoms. The van der Waals surface area contributed by atoms with Gasteiger partial charge in [-0.15, -0.1) is 0 Å². The Morgan fingerprint density at radius 2 is 2.00 bits per heavy atom. The van der Waals surface area contributed by atoms with E-state index in [9.17, 15) is 9.59 Å². The highest BCUT2D eigenvalue weighted by Gasteiger charge is 2.32. The van der Waals surface area contributed by atoms with Gasteiger partial charge >= 0.3 is 0 Å². The van der Waals surface area contributed by atoms with Gasteiger partial charge in [-0.25, -0.2) is 0 Å². The van der Waals surface area contributed by atoms with Crippen LogP contribution in [0.15, 0.2) is 23.2 Å². The second-order valence-electron chi connectivity index (χ2n) is 6.96. The Labute approximate surface area is 169 Å². The Morgan fingerprint density at radius 1 is 1.25 bits per heavy atom. The molecule has 2 amide bonds. The van der Waals surface area contributed by atoms with Crippen LogP contribution in [-0.4, -0.2) is 49.0 Å². The number of amidine groups is 1. The molecule has 0 aromatic heterocycles. The summed E-state index contributed by atoms with van der Waals surface area (Å²) >= 11 is 1.37. The van der Waals surface area contributed by atoms with E-state index in [4.69, 9.17) is 9.47 Å². The number of thioether (sulfide) groups is 1. The van der Waals surface area contributed by atoms with Crippen LogP contribution in [0.1, 0.15) is 37.7 Å². The number of ether oxygens (including phenoxy) is 2. The number of rotatable bonds is 8. The van der Waals surface area contributed by atoms with E-state index in [1.807, 2.05) is 18.2 Å². The number of nitrogens with one attached hydrogen (secondary N) is 2. The summed E-state index contributed by atoms with van der Waals surface area (Å²) in [6, 6.07) is 6.01. The lowest BCUT2D eigenvalue weighted by Gasteiger charge is -2.10. The molecule has 1 aromatic rings. The summed E-state index contributed by atoms with van der Waals surface area (Å²) in [7, 11) is 3.19. The number of methoxy groups -OCH3 is 2. The Balaban J connectivity index is 1.43. The summed E-state index contributed by atoms with van der Waals surface area (Å²) in [4.78, 5) is 28.9. The van der Waals surface area contributed by atoms with Gasteiger partial charge in [0.2, 0.25) is 11.8 Å². The average Bonchev–Trinajstić information content (AvgIpc) is 3.31. The fourth-order valence-corrected chi connectivity index (χ4v) is 4.46. The highest BCUT2D eigenvalue weighted by atomic mass is 32.2. The predicted octanol–water partition coefficient (Wildman–Crippen LogP) is 2.28. The Kier molecular flexibility index (Phi) is 7.19. The number of nitrogens with zero attached hydrogens (tertiary/aromatic N) is 1. The van der Waals surface area contributed by atoms with Crippen LogP contribution in [0.2, 0.25) is 0 Å². The van der Waals surface area contributed by atoms with Gasteiger partial charge < -0.3 is 20.1 Å². The van der Waals surface area contributed by atoms with Gasteiger partial charge in [0.05, 0.1) is 20.3 Å². The summed E-state index contributed by atoms with van der Waals surface area (Å²) in [6.07, 6.45) is 5.40. The van der Waals surface area contributed by atoms with Crippen LogP contribution < -0.4 is 20.1 Å². The van der Waals surface area contributed by atoms with E-state index >= 15 is 0 Å². The number of amides is 2. The van der Waals surface area contributed by atoms with Gasteiger partial charge in [0.25, 0.3) is 0 Å². The molecule has 1 atom stereocenters. The van der Waals surface area contributed by atoms with E-state index in [0.29, 0.717) is 35.7 Å². The SMILES string of the molecule is COc1ccc(CCNC(=O)C[C@@H]2SC(=NC3CCCC3)NC2=O)cc1OC. The number of carbonyl (C=O) groups excluding carboxylic acids is 2. The summed E-state index contributed by atoms with van der Waals surface area (Å²) < 4.78 is 10.5. The second-order valence-corrected chi connectivity index (χ2v) is 8.15. The van der Waals surface area contributed by atoms with Gasteiger partial charge in [0.15, 0.2) is 16.7 Å². The molecule has 1 heterocycles. The van der Waals surface area contributed by atoms with Crippen molar-refractivity contribution in [3.63, 3.8) is 0 Å². The lowest BCUT2D eigenvalue weighted by atomic mass is 10.1. The first-order chi connectivity index (χ1) is 13.6. The third-order valence-corrected chi connectivity index (χ3v) is 6.05. The van der Waals surface area contributed by atoms with E-state index in [2.05, 4.69) is 15.6 Å². The van der Waals surface area contributed by atoms with Crippen molar-refractivity contribution >= 4 is 28.7 Å². The van der Waals surface area contributed by atoms with Crippen molar-refractivity contribution in [3.8, 4) is 11.5 Å². The Morgan fingerprint density at radius 3 is 2.71 bits per heavy atom. The summed E-state index contributed by atoms with van der Waals surface area (Å²) in [5, 5.41) is 5.96. The lowest BCUT2D eigenvalue weighted by molar-refractivity contribution is -0.125. The molecule has 0 radical (unpaired) electrons. The van der Waals surface area contributed by atoms with Crippen LogP contribution >= 0.6 is 11.8 Å². The Hall–Kier alpha value is -2.22. The maximum Gasteiger partial charge on any atom is 0.240 e. The zero-order valence-corrected chi connectivity index (χ0v) is 17.1. The topological polar surface area (TPSA) is 89.0 Å². The van der Waals surface area contributed by atoms with Crippen molar-refractivity contribution in [2.45, 2.75) is 49.8 Å². The normalized spacial score (nSPS) is 21.0. The largest absolute Gasteiger partial charge is 0.493 e. The lowest BCUT2D eigenvalue weighted by Crippen LogP contribution is -2.32. The smallest absolute Gasteiger partial charge is 0.240 e. The standard InChI is InChI=1S/C20H27N3O4S/c1-26-15-8-7-13(11-16(15)27-2)9-10-21-18(24)12-17-19(25)23-20(28-17)22-14-5-3-4-6-14/h7-8,11,14,17H,3-6,9-10,12H2,1-2H3,(H,21,24)(H,22,23,25)/t17-/m0/s1. The minimum atomic E-state index is -0.402. The van der Waals surface area contributed by atoms with Crippen LogP contribution in [0, 0.1) is 0 Å². The maximum absolute atomic E-state index is 12.2. The minimum Gasteiger partial charge on any atom is -0.493 e. The third kappa shape index (κ3) is 5.41. The molecule has 0 unspecified atom stereocenters. The van der Waals surface area contributed by atoms with Crippen molar-refractivity contribution in [2.24, 2.45) is 4.99 Å². The number of carbonyl (C=O) groups is 2. The second kappa shape index (κ2) is 9.82. The molecule has 8 heteroatoms. The van der Waals surface area contributed by atoms with Gasteiger partial charge in [-0.1, -0.05) is 30.7 Å². The summed E-state index contributed by atoms with van der Waals surface area (Å²) in [6.45, 7) is 0.496. The van der Waals surface area contributed by atoms with Gasteiger partial charge in [-0.3, -0.25) is 14.6 Å². The van der Waals surface area contributed by atoms with E-state index in [-0.39, 0.29) is 18.2 Å². The summed E-state index contributed by atoms with van der Waals surface area (Å²) in [5.41, 5.74) is 1.04. The molecule has 1 aromatic carbocycles. The van der Waals surface area contributed by atoms with Crippen LogP contribution in [-0.2, 0) is 16.0 Å². The van der Waals surface area contributed by atoms with Crippen molar-refractivity contribution in [2.75, 3.05) is 20.8 Å². The number of benzene rings is 1. The fourth-order valence-electron chi connectivity index (χ4n) is 3.42. The zero-order valence-electron chi connectivity index (χ0n) is 16.3. The first-order valence-corrected chi connectivity index (χ1v) is 10.5. The van der Waals surface area contributed by atoms with Crippen molar-refractivity contribution < 1.29 is 19.1 Å². The van der Waals surface area contributed by atoms with Crippen molar-refractivity contribution in [1.29, 1.82) is 0 Å². The van der Waals surface area contributed by atoms with Crippen LogP contribution in [0.5, 0.6) is 11.5 Å². The van der Waals surface area contributed by atoms with E-state index in [1.54, 1.807) is 14.2 Å².